The molecule has 4 rings (SSSR count). The van der Waals surface area contributed by atoms with Crippen LogP contribution in [0.1, 0.15) is 25.7 Å². The van der Waals surface area contributed by atoms with Crippen molar-refractivity contribution in [2.24, 2.45) is 0 Å². The molecule has 11 heteroatoms. The van der Waals surface area contributed by atoms with Gasteiger partial charge >= 0.3 is 18.2 Å². The Morgan fingerprint density at radius 3 is 2.59 bits per heavy atom. The molecule has 0 bridgehead atoms. The number of halogens is 3. The van der Waals surface area contributed by atoms with Gasteiger partial charge in [-0.05, 0) is 31.4 Å². The van der Waals surface area contributed by atoms with E-state index in [1.54, 1.807) is 6.20 Å². The summed E-state index contributed by atoms with van der Waals surface area (Å²) in [6, 6.07) is 6.60. The topological polar surface area (TPSA) is 104 Å². The van der Waals surface area contributed by atoms with Crippen molar-refractivity contribution in [2.45, 2.75) is 49.5 Å². The lowest BCUT2D eigenvalue weighted by molar-refractivity contribution is -0.192. The van der Waals surface area contributed by atoms with Crippen LogP contribution in [-0.4, -0.2) is 70.5 Å². The summed E-state index contributed by atoms with van der Waals surface area (Å²) in [5.74, 6) is -1.87. The highest BCUT2D eigenvalue weighted by molar-refractivity contribution is 5.75. The lowest BCUT2D eigenvalue weighted by Crippen LogP contribution is -2.42. The Bertz CT molecular complexity index is 730. The minimum absolute atomic E-state index is 0.0733. The van der Waals surface area contributed by atoms with Crippen LogP contribution in [0.25, 0.3) is 0 Å². The molecule has 1 saturated carbocycles. The summed E-state index contributed by atoms with van der Waals surface area (Å²) in [4.78, 5) is 27.2. The first-order valence-corrected chi connectivity index (χ1v) is 9.34. The van der Waals surface area contributed by atoms with E-state index in [0.717, 1.165) is 38.0 Å². The molecular weight excluding hydrogens is 393 g/mol. The van der Waals surface area contributed by atoms with Crippen LogP contribution < -0.4 is 10.6 Å². The smallest absolute Gasteiger partial charge is 0.475 e. The number of ether oxygens (including phenoxy) is 1. The third-order valence-corrected chi connectivity index (χ3v) is 4.98. The van der Waals surface area contributed by atoms with E-state index in [4.69, 9.17) is 14.6 Å². The van der Waals surface area contributed by atoms with Gasteiger partial charge in [-0.2, -0.15) is 13.2 Å². The number of anilines is 1. The fraction of sp³-hybridized carbons (Fsp3) is 0.611. The number of alkyl halides is 3. The molecule has 0 aromatic carbocycles. The molecule has 8 nitrogen and oxygen atoms in total. The minimum Gasteiger partial charge on any atom is -0.475 e. The molecule has 2 unspecified atom stereocenters. The zero-order chi connectivity index (χ0) is 21.1. The van der Waals surface area contributed by atoms with Crippen molar-refractivity contribution in [3.8, 4) is 0 Å². The number of nitrogens with one attached hydrogen (secondary N) is 2. The van der Waals surface area contributed by atoms with Gasteiger partial charge in [0.1, 0.15) is 5.82 Å². The summed E-state index contributed by atoms with van der Waals surface area (Å²) < 4.78 is 37.8. The average molecular weight is 416 g/mol. The van der Waals surface area contributed by atoms with E-state index in [0.29, 0.717) is 19.2 Å². The first-order valence-electron chi connectivity index (χ1n) is 9.34. The van der Waals surface area contributed by atoms with Crippen LogP contribution >= 0.6 is 0 Å². The molecule has 1 aromatic heterocycles. The van der Waals surface area contributed by atoms with Gasteiger partial charge in [-0.3, -0.25) is 0 Å². The number of carboxylic acid groups (broad SMARTS) is 1. The zero-order valence-electron chi connectivity index (χ0n) is 15.6. The molecule has 29 heavy (non-hydrogen) atoms. The molecule has 2 atom stereocenters. The Morgan fingerprint density at radius 1 is 1.28 bits per heavy atom. The molecule has 1 spiro atoms. The van der Waals surface area contributed by atoms with Gasteiger partial charge in [0.05, 0.1) is 24.8 Å². The van der Waals surface area contributed by atoms with Gasteiger partial charge in [0.2, 0.25) is 0 Å². The quantitative estimate of drug-likeness (QED) is 0.698. The fourth-order valence-corrected chi connectivity index (χ4v) is 3.39. The highest BCUT2D eigenvalue weighted by atomic mass is 19.4. The minimum atomic E-state index is -5.08. The van der Waals surface area contributed by atoms with E-state index in [9.17, 15) is 18.0 Å². The summed E-state index contributed by atoms with van der Waals surface area (Å²) in [5, 5.41) is 13.6. The van der Waals surface area contributed by atoms with Gasteiger partial charge in [-0.1, -0.05) is 6.07 Å². The van der Waals surface area contributed by atoms with Crippen molar-refractivity contribution in [2.75, 3.05) is 25.0 Å². The summed E-state index contributed by atoms with van der Waals surface area (Å²) in [5.41, 5.74) is -0.173. The lowest BCUT2D eigenvalue weighted by atomic mass is 9.97. The molecular formula is C18H23F3N4O4. The van der Waals surface area contributed by atoms with Crippen LogP contribution in [0.4, 0.5) is 23.8 Å². The number of rotatable bonds is 3. The Morgan fingerprint density at radius 2 is 2.00 bits per heavy atom. The summed E-state index contributed by atoms with van der Waals surface area (Å²) in [7, 11) is 0. The Labute approximate surface area is 165 Å². The normalized spacial score (nSPS) is 26.0. The highest BCUT2D eigenvalue weighted by Gasteiger charge is 2.47. The van der Waals surface area contributed by atoms with Gasteiger partial charge in [-0.15, -0.1) is 0 Å². The third-order valence-electron chi connectivity index (χ3n) is 4.98. The maximum atomic E-state index is 12.1. The molecule has 0 radical (unpaired) electrons. The van der Waals surface area contributed by atoms with Crippen molar-refractivity contribution < 1.29 is 32.6 Å². The molecule has 1 aromatic rings. The second-order valence-electron chi connectivity index (χ2n) is 7.45. The number of aromatic nitrogens is 1. The molecule has 3 heterocycles. The molecule has 1 aliphatic carbocycles. The maximum Gasteiger partial charge on any atom is 0.490 e. The first kappa shape index (κ1) is 21.2. The van der Waals surface area contributed by atoms with Crippen LogP contribution in [0.15, 0.2) is 24.4 Å². The zero-order valence-corrected chi connectivity index (χ0v) is 15.6. The highest BCUT2D eigenvalue weighted by Crippen LogP contribution is 2.36. The Balaban J connectivity index is 0.000000298. The number of carbonyl (C=O) groups excluding carboxylic acids is 1. The number of pyridine rings is 1. The molecule has 2 aliphatic heterocycles. The number of nitrogens with zero attached hydrogens (tertiary/aromatic N) is 2. The van der Waals surface area contributed by atoms with Crippen molar-refractivity contribution in [3.05, 3.63) is 24.4 Å². The Hall–Kier alpha value is -2.56. The number of carboxylic acids is 1. The average Bonchev–Trinajstić information content (AvgIpc) is 3.24. The lowest BCUT2D eigenvalue weighted by Gasteiger charge is -2.23. The summed E-state index contributed by atoms with van der Waals surface area (Å²) in [6.07, 6.45) is 0.796. The largest absolute Gasteiger partial charge is 0.490 e. The van der Waals surface area contributed by atoms with Gasteiger partial charge in [0.25, 0.3) is 0 Å². The number of carbonyl (C=O) groups is 2. The second-order valence-corrected chi connectivity index (χ2v) is 7.45. The maximum absolute atomic E-state index is 12.1. The number of hydrogen-bond acceptors (Lipinski definition) is 5. The van der Waals surface area contributed by atoms with Crippen LogP contribution in [-0.2, 0) is 9.53 Å². The predicted octanol–water partition coefficient (Wildman–Crippen LogP) is 2.23. The van der Waals surface area contributed by atoms with E-state index in [-0.39, 0.29) is 17.7 Å². The van der Waals surface area contributed by atoms with E-state index < -0.39 is 12.1 Å². The molecule has 160 valence electrons. The van der Waals surface area contributed by atoms with Crippen LogP contribution in [0.3, 0.4) is 0 Å². The molecule has 3 N–H and O–H groups in total. The number of hydrogen-bond donors (Lipinski definition) is 3. The number of amides is 2. The van der Waals surface area contributed by atoms with Gasteiger partial charge in [-0.25, -0.2) is 14.6 Å². The second kappa shape index (κ2) is 8.44. The van der Waals surface area contributed by atoms with Crippen LogP contribution in [0.2, 0.25) is 0 Å². The number of likely N-dealkylation sites (tertiary alicyclic amines) is 1. The molecule has 2 saturated heterocycles. The molecule has 2 amide bonds. The standard InChI is InChI=1S/C16H22N4O2.C2HF3O2/c21-15(19-12-4-5-12)20-8-6-16(11-20)9-13(10-22-16)18-14-3-1-2-7-17-14;3-2(4,5)1(6)7/h1-3,7,12-13H,4-6,8-11H2,(H,17,18)(H,19,21);(H,6,7). The predicted molar refractivity (Wildman–Crippen MR) is 96.4 cm³/mol. The van der Waals surface area contributed by atoms with Gasteiger partial charge in [0.15, 0.2) is 0 Å². The van der Waals surface area contributed by atoms with Crippen molar-refractivity contribution in [1.82, 2.24) is 15.2 Å². The first-order chi connectivity index (χ1) is 13.7. The van der Waals surface area contributed by atoms with E-state index in [1.165, 1.54) is 0 Å². The summed E-state index contributed by atoms with van der Waals surface area (Å²) >= 11 is 0. The summed E-state index contributed by atoms with van der Waals surface area (Å²) in [6.45, 7) is 2.16. The van der Waals surface area contributed by atoms with E-state index in [1.807, 2.05) is 23.1 Å². The SMILES string of the molecule is O=C(NC1CC1)N1CCC2(CC(Nc3ccccn3)CO2)C1.O=C(O)C(F)(F)F. The monoisotopic (exact) mass is 416 g/mol. The fourth-order valence-electron chi connectivity index (χ4n) is 3.39. The van der Waals surface area contributed by atoms with Crippen molar-refractivity contribution in [3.63, 3.8) is 0 Å². The van der Waals surface area contributed by atoms with Crippen LogP contribution in [0, 0.1) is 0 Å². The Kier molecular flexibility index (Phi) is 6.15. The van der Waals surface area contributed by atoms with E-state index >= 15 is 0 Å². The number of aliphatic carboxylic acids is 1. The van der Waals surface area contributed by atoms with Gasteiger partial charge < -0.3 is 25.4 Å². The number of urea groups is 1. The molecule has 3 aliphatic rings. The molecule has 3 fully saturated rings. The van der Waals surface area contributed by atoms with Crippen LogP contribution in [0.5, 0.6) is 0 Å². The van der Waals surface area contributed by atoms with Crippen molar-refractivity contribution >= 4 is 17.8 Å². The van der Waals surface area contributed by atoms with Crippen molar-refractivity contribution in [1.29, 1.82) is 0 Å². The van der Waals surface area contributed by atoms with Gasteiger partial charge in [0, 0.05) is 25.2 Å². The third kappa shape index (κ3) is 5.96. The van der Waals surface area contributed by atoms with E-state index in [2.05, 4.69) is 15.6 Å².